The number of aromatic nitrogens is 1. The van der Waals surface area contributed by atoms with Crippen molar-refractivity contribution in [3.63, 3.8) is 0 Å². The number of nitrogens with zero attached hydrogens (tertiary/aromatic N) is 1. The van der Waals surface area contributed by atoms with Gasteiger partial charge in [0.25, 0.3) is 0 Å². The smallest absolute Gasteiger partial charge is 0.337 e. The molecule has 5 heteroatoms. The van der Waals surface area contributed by atoms with Gasteiger partial charge in [0.1, 0.15) is 12.4 Å². The normalized spacial score (nSPS) is 9.95. The van der Waals surface area contributed by atoms with E-state index in [4.69, 9.17) is 10.5 Å². The van der Waals surface area contributed by atoms with Crippen LogP contribution in [0, 0.1) is 0 Å². The van der Waals surface area contributed by atoms with Crippen molar-refractivity contribution in [3.8, 4) is 5.75 Å². The Hall–Kier alpha value is -2.56. The van der Waals surface area contributed by atoms with Crippen molar-refractivity contribution in [1.29, 1.82) is 0 Å². The molecule has 1 heterocycles. The van der Waals surface area contributed by atoms with E-state index in [0.29, 0.717) is 23.6 Å². The van der Waals surface area contributed by atoms with Gasteiger partial charge in [-0.25, -0.2) is 4.79 Å². The lowest BCUT2D eigenvalue weighted by atomic mass is 10.2. The number of methoxy groups -OCH3 is 1. The van der Waals surface area contributed by atoms with Gasteiger partial charge in [-0.1, -0.05) is 0 Å². The summed E-state index contributed by atoms with van der Waals surface area (Å²) < 4.78 is 10.2. The molecule has 2 rings (SSSR count). The number of anilines is 1. The maximum Gasteiger partial charge on any atom is 0.337 e. The second kappa shape index (κ2) is 5.86. The Balaban J connectivity index is 2.13. The van der Waals surface area contributed by atoms with E-state index in [1.165, 1.54) is 7.11 Å². The van der Waals surface area contributed by atoms with E-state index in [0.717, 1.165) is 5.56 Å². The van der Waals surface area contributed by atoms with Gasteiger partial charge < -0.3 is 15.2 Å². The maximum atomic E-state index is 11.4. The van der Waals surface area contributed by atoms with Crippen molar-refractivity contribution in [2.45, 2.75) is 6.61 Å². The van der Waals surface area contributed by atoms with E-state index in [9.17, 15) is 4.79 Å². The van der Waals surface area contributed by atoms with Crippen LogP contribution in [-0.2, 0) is 11.3 Å². The van der Waals surface area contributed by atoms with Crippen molar-refractivity contribution in [2.75, 3.05) is 12.8 Å². The lowest BCUT2D eigenvalue weighted by Crippen LogP contribution is -2.04. The summed E-state index contributed by atoms with van der Waals surface area (Å²) in [6.45, 7) is 0.358. The molecule has 98 valence electrons. The molecule has 0 bridgehead atoms. The standard InChI is InChI=1S/C14H14N2O3/c1-18-14(17)11-2-3-12(15)13(8-11)19-9-10-4-6-16-7-5-10/h2-8H,9,15H2,1H3. The Morgan fingerprint density at radius 3 is 2.68 bits per heavy atom. The quantitative estimate of drug-likeness (QED) is 0.671. The van der Waals surface area contributed by atoms with Crippen LogP contribution in [0.5, 0.6) is 5.75 Å². The minimum Gasteiger partial charge on any atom is -0.487 e. The van der Waals surface area contributed by atoms with Gasteiger partial charge in [0.05, 0.1) is 18.4 Å². The molecule has 0 aliphatic carbocycles. The molecule has 0 atom stereocenters. The third-order valence-electron chi connectivity index (χ3n) is 2.58. The van der Waals surface area contributed by atoms with Gasteiger partial charge in [-0.3, -0.25) is 4.98 Å². The maximum absolute atomic E-state index is 11.4. The van der Waals surface area contributed by atoms with Crippen LogP contribution in [0.2, 0.25) is 0 Å². The predicted octanol–water partition coefficient (Wildman–Crippen LogP) is 2.03. The van der Waals surface area contributed by atoms with Crippen LogP contribution < -0.4 is 10.5 Å². The lowest BCUT2D eigenvalue weighted by molar-refractivity contribution is 0.0600. The molecule has 0 saturated carbocycles. The summed E-state index contributed by atoms with van der Waals surface area (Å²) in [4.78, 5) is 15.3. The largest absolute Gasteiger partial charge is 0.487 e. The molecule has 0 unspecified atom stereocenters. The zero-order chi connectivity index (χ0) is 13.7. The molecule has 0 saturated heterocycles. The molecule has 19 heavy (non-hydrogen) atoms. The highest BCUT2D eigenvalue weighted by atomic mass is 16.5. The first kappa shape index (κ1) is 12.9. The molecular weight excluding hydrogens is 244 g/mol. The van der Waals surface area contributed by atoms with Crippen molar-refractivity contribution in [1.82, 2.24) is 4.98 Å². The molecular formula is C14H14N2O3. The molecule has 0 aliphatic rings. The molecule has 2 N–H and O–H groups in total. The Labute approximate surface area is 111 Å². The lowest BCUT2D eigenvalue weighted by Gasteiger charge is -2.10. The summed E-state index contributed by atoms with van der Waals surface area (Å²) in [5.41, 5.74) is 7.65. The van der Waals surface area contributed by atoms with Crippen LogP contribution >= 0.6 is 0 Å². The van der Waals surface area contributed by atoms with Gasteiger partial charge in [0.2, 0.25) is 0 Å². The average Bonchev–Trinajstić information content (AvgIpc) is 2.46. The van der Waals surface area contributed by atoms with Crippen LogP contribution in [0.4, 0.5) is 5.69 Å². The molecule has 1 aromatic heterocycles. The average molecular weight is 258 g/mol. The van der Waals surface area contributed by atoms with E-state index in [2.05, 4.69) is 9.72 Å². The summed E-state index contributed by atoms with van der Waals surface area (Å²) in [6.07, 6.45) is 3.37. The molecule has 0 amide bonds. The van der Waals surface area contributed by atoms with Crippen LogP contribution in [0.1, 0.15) is 15.9 Å². The summed E-state index contributed by atoms with van der Waals surface area (Å²) in [7, 11) is 1.33. The molecule has 1 aromatic carbocycles. The topological polar surface area (TPSA) is 74.4 Å². The van der Waals surface area contributed by atoms with Gasteiger partial charge in [0.15, 0.2) is 0 Å². The Morgan fingerprint density at radius 1 is 1.26 bits per heavy atom. The first-order valence-corrected chi connectivity index (χ1v) is 5.70. The number of pyridine rings is 1. The van der Waals surface area contributed by atoms with Crippen molar-refractivity contribution >= 4 is 11.7 Å². The fourth-order valence-electron chi connectivity index (χ4n) is 1.54. The van der Waals surface area contributed by atoms with E-state index in [1.807, 2.05) is 12.1 Å². The van der Waals surface area contributed by atoms with E-state index in [-0.39, 0.29) is 0 Å². The number of benzene rings is 1. The van der Waals surface area contributed by atoms with Crippen LogP contribution in [-0.4, -0.2) is 18.1 Å². The van der Waals surface area contributed by atoms with Gasteiger partial charge >= 0.3 is 5.97 Å². The Morgan fingerprint density at radius 2 is 2.00 bits per heavy atom. The van der Waals surface area contributed by atoms with Gasteiger partial charge in [-0.05, 0) is 35.9 Å². The summed E-state index contributed by atoms with van der Waals surface area (Å²) in [5.74, 6) is 0.0356. The molecule has 2 aromatic rings. The molecule has 0 aliphatic heterocycles. The second-order valence-electron chi connectivity index (χ2n) is 3.89. The zero-order valence-corrected chi connectivity index (χ0v) is 10.5. The number of carbonyl (C=O) groups excluding carboxylic acids is 1. The van der Waals surface area contributed by atoms with Crippen molar-refractivity contribution in [3.05, 3.63) is 53.9 Å². The van der Waals surface area contributed by atoms with E-state index >= 15 is 0 Å². The third-order valence-corrected chi connectivity index (χ3v) is 2.58. The number of hydrogen-bond donors (Lipinski definition) is 1. The second-order valence-corrected chi connectivity index (χ2v) is 3.89. The number of nitrogens with two attached hydrogens (primary N) is 1. The number of esters is 1. The van der Waals surface area contributed by atoms with Crippen LogP contribution in [0.3, 0.4) is 0 Å². The summed E-state index contributed by atoms with van der Waals surface area (Å²) >= 11 is 0. The summed E-state index contributed by atoms with van der Waals surface area (Å²) in [5, 5.41) is 0. The molecule has 0 fully saturated rings. The predicted molar refractivity (Wildman–Crippen MR) is 70.8 cm³/mol. The van der Waals surface area contributed by atoms with E-state index < -0.39 is 5.97 Å². The van der Waals surface area contributed by atoms with E-state index in [1.54, 1.807) is 30.6 Å². The summed E-state index contributed by atoms with van der Waals surface area (Å²) in [6, 6.07) is 8.48. The fraction of sp³-hybridized carbons (Fsp3) is 0.143. The highest BCUT2D eigenvalue weighted by Gasteiger charge is 2.09. The number of carbonyl (C=O) groups is 1. The molecule has 5 nitrogen and oxygen atoms in total. The minimum absolute atomic E-state index is 0.358. The first-order chi connectivity index (χ1) is 9.20. The van der Waals surface area contributed by atoms with Crippen LogP contribution in [0.15, 0.2) is 42.7 Å². The zero-order valence-electron chi connectivity index (χ0n) is 10.5. The SMILES string of the molecule is COC(=O)c1ccc(N)c(OCc2ccncc2)c1. The third kappa shape index (κ3) is 3.22. The molecule has 0 spiro atoms. The number of nitrogen functional groups attached to an aromatic ring is 1. The van der Waals surface area contributed by atoms with Crippen molar-refractivity contribution in [2.24, 2.45) is 0 Å². The Bertz CT molecular complexity index is 570. The number of hydrogen-bond acceptors (Lipinski definition) is 5. The van der Waals surface area contributed by atoms with Crippen LogP contribution in [0.25, 0.3) is 0 Å². The highest BCUT2D eigenvalue weighted by molar-refractivity contribution is 5.90. The Kier molecular flexibility index (Phi) is 3.97. The monoisotopic (exact) mass is 258 g/mol. The number of rotatable bonds is 4. The van der Waals surface area contributed by atoms with Gasteiger partial charge in [-0.15, -0.1) is 0 Å². The highest BCUT2D eigenvalue weighted by Crippen LogP contribution is 2.24. The van der Waals surface area contributed by atoms with Gasteiger partial charge in [0, 0.05) is 12.4 Å². The first-order valence-electron chi connectivity index (χ1n) is 5.70. The molecule has 0 radical (unpaired) electrons. The van der Waals surface area contributed by atoms with Gasteiger partial charge in [-0.2, -0.15) is 0 Å². The number of ether oxygens (including phenoxy) is 2. The minimum atomic E-state index is -0.422. The fourth-order valence-corrected chi connectivity index (χ4v) is 1.54. The van der Waals surface area contributed by atoms with Crippen molar-refractivity contribution < 1.29 is 14.3 Å².